The van der Waals surface area contributed by atoms with E-state index in [0.29, 0.717) is 6.41 Å². The first-order chi connectivity index (χ1) is 8.16. The largest absolute Gasteiger partial charge is 0.376 e. The van der Waals surface area contributed by atoms with Crippen LogP contribution in [0.2, 0.25) is 0 Å². The summed E-state index contributed by atoms with van der Waals surface area (Å²) in [7, 11) is -0.935. The molecule has 0 aliphatic carbocycles. The Morgan fingerprint density at radius 2 is 1.82 bits per heavy atom. The van der Waals surface area contributed by atoms with E-state index in [1.54, 1.807) is 6.08 Å². The fourth-order valence-electron chi connectivity index (χ4n) is 1.24. The van der Waals surface area contributed by atoms with Crippen LogP contribution < -0.4 is 5.32 Å². The van der Waals surface area contributed by atoms with Crippen LogP contribution in [0, 0.1) is 0 Å². The minimum atomic E-state index is -3.45. The highest BCUT2D eigenvalue weighted by Gasteiger charge is 2.27. The third kappa shape index (κ3) is 3.53. The first-order valence-corrected chi connectivity index (χ1v) is 6.39. The number of carbonyl (C=O) groups excluding carboxylic acids is 1. The van der Waals surface area contributed by atoms with Gasteiger partial charge in [-0.2, -0.15) is 0 Å². The highest BCUT2D eigenvalue weighted by atomic mass is 31.2. The van der Waals surface area contributed by atoms with Crippen LogP contribution in [0.1, 0.15) is 5.56 Å². The van der Waals surface area contributed by atoms with Crippen molar-refractivity contribution in [1.29, 1.82) is 0 Å². The van der Waals surface area contributed by atoms with Crippen molar-refractivity contribution in [2.24, 2.45) is 0 Å². The third-order valence-corrected chi connectivity index (χ3v) is 3.90. The average Bonchev–Trinajstić information content (AvgIpc) is 2.38. The van der Waals surface area contributed by atoms with Gasteiger partial charge in [0, 0.05) is 14.2 Å². The van der Waals surface area contributed by atoms with E-state index in [1.165, 1.54) is 14.2 Å². The predicted octanol–water partition coefficient (Wildman–Crippen LogP) is 2.22. The quantitative estimate of drug-likeness (QED) is 0.625. The molecule has 1 rings (SSSR count). The monoisotopic (exact) mass is 255 g/mol. The van der Waals surface area contributed by atoms with E-state index < -0.39 is 7.60 Å². The zero-order chi connectivity index (χ0) is 12.7. The lowest BCUT2D eigenvalue weighted by Crippen LogP contribution is -2.12. The molecule has 1 amide bonds. The Morgan fingerprint density at radius 1 is 1.24 bits per heavy atom. The molecule has 0 fully saturated rings. The normalized spacial score (nSPS) is 12.2. The first-order valence-electron chi connectivity index (χ1n) is 4.85. The number of hydrogen-bond donors (Lipinski definition) is 1. The van der Waals surface area contributed by atoms with Crippen molar-refractivity contribution in [2.75, 3.05) is 14.2 Å². The number of benzene rings is 1. The van der Waals surface area contributed by atoms with Crippen LogP contribution in [0.3, 0.4) is 0 Å². The van der Waals surface area contributed by atoms with Crippen LogP contribution in [0.15, 0.2) is 35.8 Å². The van der Waals surface area contributed by atoms with E-state index in [-0.39, 0.29) is 5.44 Å². The van der Waals surface area contributed by atoms with Gasteiger partial charge in [0.2, 0.25) is 6.41 Å². The van der Waals surface area contributed by atoms with E-state index in [2.05, 4.69) is 5.32 Å². The molecule has 0 atom stereocenters. The number of nitrogens with one attached hydrogen (secondary N) is 1. The van der Waals surface area contributed by atoms with E-state index >= 15 is 0 Å². The van der Waals surface area contributed by atoms with Crippen LogP contribution in [0.4, 0.5) is 0 Å². The number of amides is 1. The summed E-state index contributed by atoms with van der Waals surface area (Å²) in [6.07, 6.45) is 1.97. The smallest absolute Gasteiger partial charge is 0.322 e. The summed E-state index contributed by atoms with van der Waals surface area (Å²) in [4.78, 5) is 10.5. The Labute approximate surface area is 100.0 Å². The lowest BCUT2D eigenvalue weighted by molar-refractivity contribution is -0.108. The molecule has 17 heavy (non-hydrogen) atoms. The molecule has 0 unspecified atom stereocenters. The Hall–Kier alpha value is -1.42. The van der Waals surface area contributed by atoms with Crippen molar-refractivity contribution in [3.63, 3.8) is 0 Å². The molecule has 0 aliphatic rings. The van der Waals surface area contributed by atoms with Gasteiger partial charge in [-0.15, -0.1) is 0 Å². The van der Waals surface area contributed by atoms with Gasteiger partial charge in [-0.3, -0.25) is 9.36 Å². The molecule has 1 aromatic rings. The molecule has 92 valence electrons. The van der Waals surface area contributed by atoms with Gasteiger partial charge in [0.1, 0.15) is 5.44 Å². The average molecular weight is 255 g/mol. The SMILES string of the molecule is COP(=O)(OC)/C(=C/c1ccccc1)NC=O. The van der Waals surface area contributed by atoms with Crippen LogP contribution in [0.25, 0.3) is 6.08 Å². The Morgan fingerprint density at radius 3 is 2.29 bits per heavy atom. The maximum Gasteiger partial charge on any atom is 0.376 e. The molecular weight excluding hydrogens is 241 g/mol. The maximum absolute atomic E-state index is 12.1. The van der Waals surface area contributed by atoms with E-state index in [9.17, 15) is 9.36 Å². The maximum atomic E-state index is 12.1. The molecule has 1 aromatic carbocycles. The minimum Gasteiger partial charge on any atom is -0.322 e. The van der Waals surface area contributed by atoms with Crippen LogP contribution >= 0.6 is 7.60 Å². The molecular formula is C11H14NO4P. The highest BCUT2D eigenvalue weighted by Crippen LogP contribution is 2.53. The van der Waals surface area contributed by atoms with Crippen molar-refractivity contribution in [3.05, 3.63) is 41.3 Å². The number of rotatable bonds is 6. The summed E-state index contributed by atoms with van der Waals surface area (Å²) in [6.45, 7) is 0. The molecule has 0 heterocycles. The lowest BCUT2D eigenvalue weighted by atomic mass is 10.2. The van der Waals surface area contributed by atoms with Gasteiger partial charge in [-0.05, 0) is 11.6 Å². The summed E-state index contributed by atoms with van der Waals surface area (Å²) in [6, 6.07) is 9.13. The van der Waals surface area contributed by atoms with E-state index in [1.807, 2.05) is 30.3 Å². The fraction of sp³-hybridized carbons (Fsp3) is 0.182. The minimum absolute atomic E-state index is 0.101. The first kappa shape index (κ1) is 13.6. The van der Waals surface area contributed by atoms with Crippen molar-refractivity contribution in [3.8, 4) is 0 Å². The van der Waals surface area contributed by atoms with Gasteiger partial charge in [0.15, 0.2) is 0 Å². The van der Waals surface area contributed by atoms with Crippen LogP contribution in [-0.2, 0) is 18.4 Å². The van der Waals surface area contributed by atoms with Gasteiger partial charge in [-0.25, -0.2) is 0 Å². The van der Waals surface area contributed by atoms with Crippen LogP contribution in [-0.4, -0.2) is 20.6 Å². The summed E-state index contributed by atoms with van der Waals surface area (Å²) in [5.74, 6) is 0. The van der Waals surface area contributed by atoms with Crippen LogP contribution in [0.5, 0.6) is 0 Å². The van der Waals surface area contributed by atoms with E-state index in [4.69, 9.17) is 9.05 Å². The molecule has 5 nitrogen and oxygen atoms in total. The Kier molecular flexibility index (Phi) is 5.10. The third-order valence-electron chi connectivity index (χ3n) is 2.09. The summed E-state index contributed by atoms with van der Waals surface area (Å²) < 4.78 is 21.7. The second-order valence-corrected chi connectivity index (χ2v) is 5.27. The second-order valence-electron chi connectivity index (χ2n) is 3.07. The molecule has 0 saturated carbocycles. The molecule has 0 bridgehead atoms. The Bertz CT molecular complexity index is 436. The topological polar surface area (TPSA) is 64.6 Å². The number of carbonyl (C=O) groups is 1. The highest BCUT2D eigenvalue weighted by molar-refractivity contribution is 7.58. The van der Waals surface area contributed by atoms with Crippen molar-refractivity contribution < 1.29 is 18.4 Å². The van der Waals surface area contributed by atoms with Crippen molar-refractivity contribution in [1.82, 2.24) is 5.32 Å². The molecule has 0 radical (unpaired) electrons. The van der Waals surface area contributed by atoms with E-state index in [0.717, 1.165) is 5.56 Å². The van der Waals surface area contributed by atoms with Gasteiger partial charge in [0.05, 0.1) is 0 Å². The zero-order valence-electron chi connectivity index (χ0n) is 9.62. The fourth-order valence-corrected chi connectivity index (χ4v) is 2.30. The van der Waals surface area contributed by atoms with Gasteiger partial charge in [0.25, 0.3) is 0 Å². The van der Waals surface area contributed by atoms with Gasteiger partial charge >= 0.3 is 7.60 Å². The summed E-state index contributed by atoms with van der Waals surface area (Å²) in [5, 5.41) is 2.34. The molecule has 0 spiro atoms. The second kappa shape index (κ2) is 6.35. The van der Waals surface area contributed by atoms with Gasteiger partial charge < -0.3 is 14.4 Å². The Balaban J connectivity index is 3.13. The van der Waals surface area contributed by atoms with Crippen molar-refractivity contribution in [2.45, 2.75) is 0 Å². The lowest BCUT2D eigenvalue weighted by Gasteiger charge is -2.16. The number of hydrogen-bond acceptors (Lipinski definition) is 4. The molecule has 6 heteroatoms. The molecule has 0 aromatic heterocycles. The van der Waals surface area contributed by atoms with Gasteiger partial charge in [-0.1, -0.05) is 30.3 Å². The standard InChI is InChI=1S/C11H14NO4P/c1-15-17(14,16-2)11(12-9-13)8-10-6-4-3-5-7-10/h3-9H,1-2H3,(H,12,13)/b11-8+. The molecule has 0 saturated heterocycles. The molecule has 0 aliphatic heterocycles. The molecule has 1 N–H and O–H groups in total. The zero-order valence-corrected chi connectivity index (χ0v) is 10.5. The predicted molar refractivity (Wildman–Crippen MR) is 65.2 cm³/mol. The summed E-state index contributed by atoms with van der Waals surface area (Å²) >= 11 is 0. The van der Waals surface area contributed by atoms with Crippen molar-refractivity contribution >= 4 is 20.1 Å². The summed E-state index contributed by atoms with van der Waals surface area (Å²) in [5.41, 5.74) is 0.884.